The maximum atomic E-state index is 11.3. The fourth-order valence-corrected chi connectivity index (χ4v) is 1.73. The van der Waals surface area contributed by atoms with Crippen LogP contribution >= 0.6 is 7.82 Å². The van der Waals surface area contributed by atoms with E-state index in [1.165, 1.54) is 0 Å². The van der Waals surface area contributed by atoms with Crippen molar-refractivity contribution >= 4 is 13.8 Å². The van der Waals surface area contributed by atoms with Crippen molar-refractivity contribution in [2.45, 2.75) is 45.4 Å². The average molecular weight is 312 g/mol. The van der Waals surface area contributed by atoms with Crippen molar-refractivity contribution in [1.82, 2.24) is 0 Å². The maximum Gasteiger partial charge on any atom is 0.469 e. The van der Waals surface area contributed by atoms with Gasteiger partial charge < -0.3 is 19.3 Å². The van der Waals surface area contributed by atoms with Gasteiger partial charge in [0.05, 0.1) is 13.2 Å². The summed E-state index contributed by atoms with van der Waals surface area (Å²) in [7, 11) is -4.37. The first kappa shape index (κ1) is 19.5. The lowest BCUT2D eigenvalue weighted by Gasteiger charge is -2.06. The van der Waals surface area contributed by atoms with Crippen molar-refractivity contribution in [3.8, 4) is 0 Å². The van der Waals surface area contributed by atoms with E-state index >= 15 is 0 Å². The number of unbranched alkanes of at least 4 members (excludes halogenated alkanes) is 3. The molecule has 2 N–H and O–H groups in total. The molecule has 0 fully saturated rings. The molecule has 0 aromatic rings. The monoisotopic (exact) mass is 312 g/mol. The standard InChI is InChI=1S/C12H25O7P/c1-2-3-8-17-10-11-18-12(13)7-5-4-6-9-19-20(14,15)16/h2-11H2,1H3,(H2,14,15,16). The van der Waals surface area contributed by atoms with Crippen LogP contribution in [0.15, 0.2) is 0 Å². The molecule has 0 aliphatic rings. The van der Waals surface area contributed by atoms with Gasteiger partial charge >= 0.3 is 13.8 Å². The molecule has 20 heavy (non-hydrogen) atoms. The van der Waals surface area contributed by atoms with E-state index in [1.807, 2.05) is 0 Å². The minimum absolute atomic E-state index is 0.00933. The topological polar surface area (TPSA) is 102 Å². The van der Waals surface area contributed by atoms with Gasteiger partial charge in [-0.2, -0.15) is 0 Å². The quantitative estimate of drug-likeness (QED) is 0.305. The van der Waals surface area contributed by atoms with Crippen LogP contribution in [0.5, 0.6) is 0 Å². The second-order valence-electron chi connectivity index (χ2n) is 4.32. The Morgan fingerprint density at radius 2 is 1.75 bits per heavy atom. The van der Waals surface area contributed by atoms with Crippen molar-refractivity contribution in [2.75, 3.05) is 26.4 Å². The Kier molecular flexibility index (Phi) is 12.0. The number of carbonyl (C=O) groups is 1. The van der Waals surface area contributed by atoms with E-state index in [9.17, 15) is 9.36 Å². The van der Waals surface area contributed by atoms with Crippen LogP contribution in [0.1, 0.15) is 45.4 Å². The Hall–Kier alpha value is -0.460. The van der Waals surface area contributed by atoms with Gasteiger partial charge in [-0.3, -0.25) is 9.32 Å². The molecule has 7 nitrogen and oxygen atoms in total. The molecule has 0 saturated carbocycles. The van der Waals surface area contributed by atoms with Gasteiger partial charge in [-0.1, -0.05) is 19.8 Å². The zero-order valence-corrected chi connectivity index (χ0v) is 12.8. The maximum absolute atomic E-state index is 11.3. The minimum atomic E-state index is -4.37. The molecule has 0 spiro atoms. The van der Waals surface area contributed by atoms with Gasteiger partial charge in [0.2, 0.25) is 0 Å². The molecular formula is C12H25O7P. The molecule has 0 amide bonds. The van der Waals surface area contributed by atoms with Gasteiger partial charge in [-0.15, -0.1) is 0 Å². The Labute approximate surface area is 119 Å². The van der Waals surface area contributed by atoms with Gasteiger partial charge in [-0.25, -0.2) is 4.57 Å². The third-order valence-corrected chi connectivity index (χ3v) is 2.94. The molecular weight excluding hydrogens is 287 g/mol. The van der Waals surface area contributed by atoms with Crippen molar-refractivity contribution < 1.29 is 33.1 Å². The van der Waals surface area contributed by atoms with Crippen molar-refractivity contribution in [2.24, 2.45) is 0 Å². The smallest absolute Gasteiger partial charge is 0.463 e. The predicted octanol–water partition coefficient (Wildman–Crippen LogP) is 2.02. The second kappa shape index (κ2) is 12.3. The lowest BCUT2D eigenvalue weighted by Crippen LogP contribution is -2.10. The number of esters is 1. The molecule has 0 radical (unpaired) electrons. The molecule has 0 saturated heterocycles. The Bertz CT molecular complexity index is 290. The molecule has 8 heteroatoms. The van der Waals surface area contributed by atoms with E-state index in [0.717, 1.165) is 12.8 Å². The van der Waals surface area contributed by atoms with Crippen LogP contribution < -0.4 is 0 Å². The molecule has 0 heterocycles. The largest absolute Gasteiger partial charge is 0.469 e. The molecule has 120 valence electrons. The zero-order chi connectivity index (χ0) is 15.3. The highest BCUT2D eigenvalue weighted by Crippen LogP contribution is 2.35. The summed E-state index contributed by atoms with van der Waals surface area (Å²) < 4.78 is 24.9. The highest BCUT2D eigenvalue weighted by atomic mass is 31.2. The normalized spacial score (nSPS) is 11.6. The van der Waals surface area contributed by atoms with E-state index in [-0.39, 0.29) is 19.2 Å². The predicted molar refractivity (Wildman–Crippen MR) is 73.2 cm³/mol. The molecule has 0 aromatic heterocycles. The van der Waals surface area contributed by atoms with Crippen LogP contribution in [-0.4, -0.2) is 42.2 Å². The second-order valence-corrected chi connectivity index (χ2v) is 5.56. The summed E-state index contributed by atoms with van der Waals surface area (Å²) in [5.41, 5.74) is 0. The van der Waals surface area contributed by atoms with Crippen LogP contribution in [0, 0.1) is 0 Å². The fraction of sp³-hybridized carbons (Fsp3) is 0.917. The lowest BCUT2D eigenvalue weighted by molar-refractivity contribution is -0.145. The Balaban J connectivity index is 3.26. The number of phosphoric acid groups is 1. The van der Waals surface area contributed by atoms with Crippen molar-refractivity contribution in [3.63, 3.8) is 0 Å². The molecule has 0 bridgehead atoms. The first-order valence-corrected chi connectivity index (χ1v) is 8.42. The molecule has 0 unspecified atom stereocenters. The van der Waals surface area contributed by atoms with Crippen LogP contribution in [0.4, 0.5) is 0 Å². The van der Waals surface area contributed by atoms with Crippen molar-refractivity contribution in [3.05, 3.63) is 0 Å². The summed E-state index contributed by atoms with van der Waals surface area (Å²) in [6.45, 7) is 3.44. The zero-order valence-electron chi connectivity index (χ0n) is 12.0. The van der Waals surface area contributed by atoms with Gasteiger partial charge in [0.15, 0.2) is 0 Å². The lowest BCUT2D eigenvalue weighted by atomic mass is 10.2. The fourth-order valence-electron chi connectivity index (χ4n) is 1.37. The molecule has 0 atom stereocenters. The third kappa shape index (κ3) is 15.6. The van der Waals surface area contributed by atoms with Gasteiger partial charge in [0, 0.05) is 13.0 Å². The molecule has 0 rings (SSSR count). The summed E-state index contributed by atoms with van der Waals surface area (Å²) in [6, 6.07) is 0. The number of phosphoric ester groups is 1. The van der Waals surface area contributed by atoms with Gasteiger partial charge in [0.1, 0.15) is 6.61 Å². The molecule has 0 aromatic carbocycles. The number of ether oxygens (including phenoxy) is 2. The van der Waals surface area contributed by atoms with Crippen LogP contribution in [0.3, 0.4) is 0 Å². The summed E-state index contributed by atoms with van der Waals surface area (Å²) >= 11 is 0. The summed E-state index contributed by atoms with van der Waals surface area (Å²) in [4.78, 5) is 28.2. The van der Waals surface area contributed by atoms with Gasteiger partial charge in [-0.05, 0) is 19.3 Å². The van der Waals surface area contributed by atoms with E-state index in [4.69, 9.17) is 19.3 Å². The van der Waals surface area contributed by atoms with Gasteiger partial charge in [0.25, 0.3) is 0 Å². The van der Waals surface area contributed by atoms with Crippen LogP contribution in [0.25, 0.3) is 0 Å². The Morgan fingerprint density at radius 1 is 1.00 bits per heavy atom. The average Bonchev–Trinajstić information content (AvgIpc) is 2.36. The van der Waals surface area contributed by atoms with Crippen LogP contribution in [-0.2, 0) is 23.4 Å². The number of rotatable bonds is 13. The SMILES string of the molecule is CCCCOCCOC(=O)CCCCCOP(=O)(O)O. The van der Waals surface area contributed by atoms with Crippen molar-refractivity contribution in [1.29, 1.82) is 0 Å². The number of hydrogen-bond donors (Lipinski definition) is 2. The number of carbonyl (C=O) groups excluding carboxylic acids is 1. The Morgan fingerprint density at radius 3 is 2.40 bits per heavy atom. The van der Waals surface area contributed by atoms with E-state index < -0.39 is 7.82 Å². The summed E-state index contributed by atoms with van der Waals surface area (Å²) in [5.74, 6) is -0.278. The highest BCUT2D eigenvalue weighted by molar-refractivity contribution is 7.46. The summed E-state index contributed by atoms with van der Waals surface area (Å²) in [5, 5.41) is 0. The molecule has 0 aliphatic heterocycles. The number of hydrogen-bond acceptors (Lipinski definition) is 5. The van der Waals surface area contributed by atoms with E-state index in [0.29, 0.717) is 38.9 Å². The van der Waals surface area contributed by atoms with E-state index in [1.54, 1.807) is 0 Å². The summed E-state index contributed by atoms with van der Waals surface area (Å²) in [6.07, 6.45) is 4.14. The molecule has 0 aliphatic carbocycles. The first-order valence-electron chi connectivity index (χ1n) is 6.89. The van der Waals surface area contributed by atoms with Crippen LogP contribution in [0.2, 0.25) is 0 Å². The minimum Gasteiger partial charge on any atom is -0.463 e. The highest BCUT2D eigenvalue weighted by Gasteiger charge is 2.12. The third-order valence-electron chi connectivity index (χ3n) is 2.42. The van der Waals surface area contributed by atoms with E-state index in [2.05, 4.69) is 11.4 Å². The first-order chi connectivity index (χ1) is 9.45.